The van der Waals surface area contributed by atoms with Gasteiger partial charge >= 0.3 is 0 Å². The summed E-state index contributed by atoms with van der Waals surface area (Å²) < 4.78 is 0. The first-order chi connectivity index (χ1) is 9.93. The monoisotopic (exact) mass is 288 g/mol. The summed E-state index contributed by atoms with van der Waals surface area (Å²) in [5, 5.41) is 0. The van der Waals surface area contributed by atoms with Crippen LogP contribution in [0.25, 0.3) is 0 Å². The fraction of sp³-hybridized carbons (Fsp3) is 1.00. The average Bonchev–Trinajstić information content (AvgIpc) is 2.92. The van der Waals surface area contributed by atoms with E-state index in [1.54, 1.807) is 19.3 Å². The van der Waals surface area contributed by atoms with Gasteiger partial charge in [0.05, 0.1) is 0 Å². The molecule has 10 unspecified atom stereocenters. The van der Waals surface area contributed by atoms with Gasteiger partial charge in [0.15, 0.2) is 0 Å². The van der Waals surface area contributed by atoms with E-state index in [2.05, 4.69) is 41.5 Å². The molecule has 0 nitrogen and oxygen atoms in total. The maximum absolute atomic E-state index is 2.65. The van der Waals surface area contributed by atoms with E-state index < -0.39 is 0 Å². The molecule has 4 aliphatic rings. The highest BCUT2D eigenvalue weighted by atomic mass is 14.8. The van der Waals surface area contributed by atoms with Gasteiger partial charge in [0, 0.05) is 0 Å². The third kappa shape index (κ3) is 1.53. The molecule has 1 spiro atoms. The molecule has 21 heavy (non-hydrogen) atoms. The molecule has 4 fully saturated rings. The molecule has 2 bridgehead atoms. The molecule has 11 atom stereocenters. The van der Waals surface area contributed by atoms with Crippen LogP contribution < -0.4 is 0 Å². The van der Waals surface area contributed by atoms with E-state index in [0.717, 1.165) is 64.6 Å². The van der Waals surface area contributed by atoms with Crippen molar-refractivity contribution < 1.29 is 0 Å². The molecule has 0 aromatic heterocycles. The highest BCUT2D eigenvalue weighted by Crippen LogP contribution is 2.82. The molecule has 0 N–H and O–H groups in total. The molecule has 0 heteroatoms. The quantitative estimate of drug-likeness (QED) is 0.607. The van der Waals surface area contributed by atoms with Crippen LogP contribution in [0.1, 0.15) is 67.2 Å². The van der Waals surface area contributed by atoms with Crippen molar-refractivity contribution in [3.8, 4) is 0 Å². The van der Waals surface area contributed by atoms with Crippen molar-refractivity contribution in [1.29, 1.82) is 0 Å². The Morgan fingerprint density at radius 1 is 1.10 bits per heavy atom. The average molecular weight is 289 g/mol. The van der Waals surface area contributed by atoms with E-state index >= 15 is 0 Å². The highest BCUT2D eigenvalue weighted by Gasteiger charge is 2.76. The summed E-state index contributed by atoms with van der Waals surface area (Å²) in [6.07, 6.45) is 6.16. The molecule has 0 aromatic rings. The van der Waals surface area contributed by atoms with Crippen molar-refractivity contribution >= 4 is 0 Å². The molecule has 0 aliphatic heterocycles. The van der Waals surface area contributed by atoms with Crippen molar-refractivity contribution in [3.05, 3.63) is 0 Å². The number of rotatable bonds is 4. The minimum absolute atomic E-state index is 0.821. The van der Waals surface area contributed by atoms with Crippen molar-refractivity contribution in [1.82, 2.24) is 0 Å². The highest BCUT2D eigenvalue weighted by molar-refractivity contribution is 5.24. The van der Waals surface area contributed by atoms with Crippen molar-refractivity contribution in [3.63, 3.8) is 0 Å². The van der Waals surface area contributed by atoms with Crippen LogP contribution in [-0.2, 0) is 0 Å². The molecular weight excluding hydrogens is 252 g/mol. The van der Waals surface area contributed by atoms with Crippen LogP contribution in [0.2, 0.25) is 0 Å². The van der Waals surface area contributed by atoms with Gasteiger partial charge in [0.1, 0.15) is 0 Å². The van der Waals surface area contributed by atoms with Crippen LogP contribution in [0.5, 0.6) is 0 Å². The fourth-order valence-electron chi connectivity index (χ4n) is 8.30. The standard InChI is InChI=1S/C21H36/c1-7-11(2)13(4)14(5)19-15(6)21-10-16(9-18(19)21)17-8-12(3)20(17)21/h11-20H,7-10H2,1-6H3/t11?,12?,13?,14?,15?,16?,17?,18?,19?,20?,21-/m0/s1. The van der Waals surface area contributed by atoms with Gasteiger partial charge in [0.25, 0.3) is 0 Å². The zero-order chi connectivity index (χ0) is 15.1. The summed E-state index contributed by atoms with van der Waals surface area (Å²) in [6, 6.07) is 0. The maximum Gasteiger partial charge on any atom is -0.0201 e. The Labute approximate surface area is 132 Å². The Hall–Kier alpha value is 0. The van der Waals surface area contributed by atoms with Crippen LogP contribution in [0, 0.1) is 64.6 Å². The fourth-order valence-corrected chi connectivity index (χ4v) is 8.30. The summed E-state index contributed by atoms with van der Waals surface area (Å²) in [6.45, 7) is 15.2. The number of hydrogen-bond acceptors (Lipinski definition) is 0. The van der Waals surface area contributed by atoms with E-state index in [-0.39, 0.29) is 0 Å². The second kappa shape index (κ2) is 4.51. The normalized spacial score (nSPS) is 57.7. The Balaban J connectivity index is 1.54. The van der Waals surface area contributed by atoms with Gasteiger partial charge in [-0.25, -0.2) is 0 Å². The molecule has 0 saturated heterocycles. The van der Waals surface area contributed by atoms with Gasteiger partial charge in [-0.05, 0) is 83.9 Å². The van der Waals surface area contributed by atoms with Crippen molar-refractivity contribution in [2.75, 3.05) is 0 Å². The zero-order valence-corrected chi connectivity index (χ0v) is 15.1. The Kier molecular flexibility index (Phi) is 3.13. The third-order valence-corrected chi connectivity index (χ3v) is 9.67. The van der Waals surface area contributed by atoms with Crippen molar-refractivity contribution in [2.45, 2.75) is 67.2 Å². The van der Waals surface area contributed by atoms with E-state index in [4.69, 9.17) is 0 Å². The molecule has 4 aliphatic carbocycles. The maximum atomic E-state index is 2.65. The lowest BCUT2D eigenvalue weighted by atomic mass is 9.36. The largest absolute Gasteiger partial charge is 0.0651 e. The van der Waals surface area contributed by atoms with E-state index in [9.17, 15) is 0 Å². The Bertz CT molecular complexity index is 426. The van der Waals surface area contributed by atoms with Crippen LogP contribution in [0.3, 0.4) is 0 Å². The van der Waals surface area contributed by atoms with Crippen LogP contribution in [0.15, 0.2) is 0 Å². The van der Waals surface area contributed by atoms with E-state index in [1.807, 2.05) is 0 Å². The van der Waals surface area contributed by atoms with Gasteiger partial charge in [-0.3, -0.25) is 0 Å². The zero-order valence-electron chi connectivity index (χ0n) is 15.1. The summed E-state index contributed by atoms with van der Waals surface area (Å²) in [5.41, 5.74) is 0.821. The SMILES string of the molecule is CCC(C)C(C)C(C)C1C(C)[C@@]23CC(CC12)C1CC(C)C13. The third-order valence-electron chi connectivity index (χ3n) is 9.67. The lowest BCUT2D eigenvalue weighted by Gasteiger charge is -2.68. The first kappa shape index (κ1) is 14.6. The molecule has 0 heterocycles. The van der Waals surface area contributed by atoms with E-state index in [0.29, 0.717) is 0 Å². The molecule has 120 valence electrons. The lowest BCUT2D eigenvalue weighted by Crippen LogP contribution is -2.64. The Morgan fingerprint density at radius 2 is 1.81 bits per heavy atom. The molecular formula is C21H36. The molecule has 4 rings (SSSR count). The predicted octanol–water partition coefficient (Wildman–Crippen LogP) is 5.87. The van der Waals surface area contributed by atoms with Crippen LogP contribution in [0.4, 0.5) is 0 Å². The number of hydrogen-bond donors (Lipinski definition) is 0. The first-order valence-electron chi connectivity index (χ1n) is 9.93. The smallest absolute Gasteiger partial charge is 0.0201 e. The summed E-state index contributed by atoms with van der Waals surface area (Å²) in [7, 11) is 0. The molecule has 0 aromatic carbocycles. The molecule has 4 saturated carbocycles. The molecule has 0 amide bonds. The summed E-state index contributed by atoms with van der Waals surface area (Å²) in [4.78, 5) is 0. The topological polar surface area (TPSA) is 0 Å². The van der Waals surface area contributed by atoms with Crippen LogP contribution >= 0.6 is 0 Å². The summed E-state index contributed by atoms with van der Waals surface area (Å²) >= 11 is 0. The molecule has 0 radical (unpaired) electrons. The van der Waals surface area contributed by atoms with Gasteiger partial charge < -0.3 is 0 Å². The van der Waals surface area contributed by atoms with Gasteiger partial charge in [-0.2, -0.15) is 0 Å². The van der Waals surface area contributed by atoms with Crippen LogP contribution in [-0.4, -0.2) is 0 Å². The second-order valence-corrected chi connectivity index (χ2v) is 9.79. The minimum Gasteiger partial charge on any atom is -0.0651 e. The van der Waals surface area contributed by atoms with Gasteiger partial charge in [0.2, 0.25) is 0 Å². The first-order valence-corrected chi connectivity index (χ1v) is 9.93. The van der Waals surface area contributed by atoms with Gasteiger partial charge in [-0.1, -0.05) is 48.0 Å². The van der Waals surface area contributed by atoms with Gasteiger partial charge in [-0.15, -0.1) is 0 Å². The Morgan fingerprint density at radius 3 is 2.43 bits per heavy atom. The summed E-state index contributed by atoms with van der Waals surface area (Å²) in [5.74, 6) is 10.4. The van der Waals surface area contributed by atoms with E-state index in [1.165, 1.54) is 6.42 Å². The van der Waals surface area contributed by atoms with Crippen molar-refractivity contribution in [2.24, 2.45) is 64.6 Å². The predicted molar refractivity (Wildman–Crippen MR) is 89.8 cm³/mol. The second-order valence-electron chi connectivity index (χ2n) is 9.79. The lowest BCUT2D eigenvalue weighted by molar-refractivity contribution is -0.211. The minimum atomic E-state index is 0.821. The number of fused-ring (bicyclic) bond motifs is 3.